The molecule has 6 nitrogen and oxygen atoms in total. The Kier molecular flexibility index (Phi) is 3.63. The molecule has 1 aromatic heterocycles. The van der Waals surface area contributed by atoms with Crippen LogP contribution in [0.1, 0.15) is 11.1 Å². The highest BCUT2D eigenvalue weighted by Gasteiger charge is 2.19. The number of aryl methyl sites for hydroxylation is 1. The number of hydrogen-bond donors (Lipinski definition) is 1. The van der Waals surface area contributed by atoms with Crippen LogP contribution in [0.5, 0.6) is 0 Å². The van der Waals surface area contributed by atoms with Crippen LogP contribution in [-0.4, -0.2) is 25.2 Å². The van der Waals surface area contributed by atoms with Crippen molar-refractivity contribution in [3.8, 4) is 0 Å². The first-order chi connectivity index (χ1) is 9.27. The Hall–Kier alpha value is -2.15. The molecule has 0 radical (unpaired) electrons. The number of carbonyl (C=O) groups is 1. The molecule has 2 aromatic rings. The van der Waals surface area contributed by atoms with Gasteiger partial charge in [-0.1, -0.05) is 12.1 Å². The number of benzene rings is 1. The Balaban J connectivity index is 2.55. The van der Waals surface area contributed by atoms with Crippen LogP contribution < -0.4 is 5.63 Å². The fraction of sp³-hybridized carbons (Fsp3) is 0.231. The summed E-state index contributed by atoms with van der Waals surface area (Å²) in [4.78, 5) is 22.0. The molecule has 2 rings (SSSR count). The quantitative estimate of drug-likeness (QED) is 0.848. The van der Waals surface area contributed by atoms with E-state index in [1.165, 1.54) is 0 Å². The third-order valence-corrected chi connectivity index (χ3v) is 4.14. The maximum Gasteiger partial charge on any atom is 0.336 e. The number of carboxylic acids is 1. The fourth-order valence-electron chi connectivity index (χ4n) is 1.93. The van der Waals surface area contributed by atoms with E-state index in [1.807, 2.05) is 6.92 Å². The zero-order valence-corrected chi connectivity index (χ0v) is 11.4. The summed E-state index contributed by atoms with van der Waals surface area (Å²) in [6.45, 7) is 1.81. The van der Waals surface area contributed by atoms with Gasteiger partial charge in [-0.15, -0.1) is 0 Å². The Bertz CT molecular complexity index is 832. The predicted octanol–water partition coefficient (Wildman–Crippen LogP) is 1.10. The molecule has 20 heavy (non-hydrogen) atoms. The van der Waals surface area contributed by atoms with E-state index in [0.29, 0.717) is 5.39 Å². The molecule has 1 N–H and O–H groups in total. The monoisotopic (exact) mass is 296 g/mol. The summed E-state index contributed by atoms with van der Waals surface area (Å²) in [6.07, 6.45) is 0. The molecule has 0 bridgehead atoms. The zero-order chi connectivity index (χ0) is 14.9. The third-order valence-electron chi connectivity index (χ3n) is 2.70. The highest BCUT2D eigenvalue weighted by atomic mass is 32.2. The van der Waals surface area contributed by atoms with E-state index in [-0.39, 0.29) is 11.1 Å². The van der Waals surface area contributed by atoms with Gasteiger partial charge in [0.1, 0.15) is 11.3 Å². The van der Waals surface area contributed by atoms with Gasteiger partial charge in [0.2, 0.25) is 0 Å². The molecule has 7 heteroatoms. The van der Waals surface area contributed by atoms with Gasteiger partial charge in [-0.2, -0.15) is 0 Å². The van der Waals surface area contributed by atoms with Crippen LogP contribution in [0.2, 0.25) is 0 Å². The van der Waals surface area contributed by atoms with Gasteiger partial charge in [0, 0.05) is 11.5 Å². The molecule has 0 fully saturated rings. The summed E-state index contributed by atoms with van der Waals surface area (Å²) in [5.74, 6) is -2.90. The summed E-state index contributed by atoms with van der Waals surface area (Å²) in [5.41, 5.74) is 0.741. The van der Waals surface area contributed by atoms with Crippen LogP contribution in [0.3, 0.4) is 0 Å². The Labute approximate surface area is 114 Å². The normalized spacial score (nSPS) is 11.7. The summed E-state index contributed by atoms with van der Waals surface area (Å²) in [7, 11) is -3.83. The number of sulfone groups is 1. The van der Waals surface area contributed by atoms with Crippen LogP contribution in [0, 0.1) is 6.92 Å². The highest BCUT2D eigenvalue weighted by molar-refractivity contribution is 7.91. The van der Waals surface area contributed by atoms with E-state index in [4.69, 9.17) is 9.52 Å². The molecule has 0 unspecified atom stereocenters. The van der Waals surface area contributed by atoms with E-state index in [0.717, 1.165) is 11.6 Å². The molecule has 1 aromatic carbocycles. The van der Waals surface area contributed by atoms with Gasteiger partial charge >= 0.3 is 11.6 Å². The first kappa shape index (κ1) is 14.3. The van der Waals surface area contributed by atoms with Crippen molar-refractivity contribution in [2.45, 2.75) is 12.7 Å². The van der Waals surface area contributed by atoms with Gasteiger partial charge in [0.25, 0.3) is 0 Å². The Morgan fingerprint density at radius 2 is 2.00 bits per heavy atom. The van der Waals surface area contributed by atoms with Crippen molar-refractivity contribution >= 4 is 26.8 Å². The van der Waals surface area contributed by atoms with Gasteiger partial charge < -0.3 is 9.52 Å². The van der Waals surface area contributed by atoms with Crippen LogP contribution in [0.4, 0.5) is 0 Å². The number of rotatable bonds is 4. The molecule has 0 spiro atoms. The van der Waals surface area contributed by atoms with Crippen molar-refractivity contribution in [3.05, 3.63) is 45.8 Å². The van der Waals surface area contributed by atoms with Crippen LogP contribution in [-0.2, 0) is 20.4 Å². The van der Waals surface area contributed by atoms with E-state index < -0.39 is 32.9 Å². The van der Waals surface area contributed by atoms with Gasteiger partial charge in [0.15, 0.2) is 9.84 Å². The minimum Gasteiger partial charge on any atom is -0.480 e. The van der Waals surface area contributed by atoms with Crippen molar-refractivity contribution in [1.82, 2.24) is 0 Å². The van der Waals surface area contributed by atoms with Crippen LogP contribution >= 0.6 is 0 Å². The number of carboxylic acid groups (broad SMARTS) is 1. The molecule has 0 atom stereocenters. The lowest BCUT2D eigenvalue weighted by Gasteiger charge is -2.06. The summed E-state index contributed by atoms with van der Waals surface area (Å²) >= 11 is 0. The summed E-state index contributed by atoms with van der Waals surface area (Å²) in [5, 5.41) is 9.06. The van der Waals surface area contributed by atoms with E-state index in [2.05, 4.69) is 0 Å². The van der Waals surface area contributed by atoms with E-state index >= 15 is 0 Å². The maximum atomic E-state index is 11.7. The molecule has 0 saturated carbocycles. The first-order valence-corrected chi connectivity index (χ1v) is 7.54. The summed E-state index contributed by atoms with van der Waals surface area (Å²) in [6, 6.07) is 6.12. The third kappa shape index (κ3) is 3.24. The molecule has 106 valence electrons. The van der Waals surface area contributed by atoms with E-state index in [9.17, 15) is 18.0 Å². The fourth-order valence-corrected chi connectivity index (χ4v) is 3.12. The lowest BCUT2D eigenvalue weighted by molar-refractivity contribution is -0.134. The number of aliphatic carboxylic acids is 1. The zero-order valence-electron chi connectivity index (χ0n) is 10.6. The van der Waals surface area contributed by atoms with Gasteiger partial charge in [-0.3, -0.25) is 4.79 Å². The first-order valence-electron chi connectivity index (χ1n) is 5.72. The van der Waals surface area contributed by atoms with Crippen molar-refractivity contribution in [1.29, 1.82) is 0 Å². The van der Waals surface area contributed by atoms with Crippen LogP contribution in [0.25, 0.3) is 11.0 Å². The second-order valence-electron chi connectivity index (χ2n) is 4.52. The minimum atomic E-state index is -3.83. The number of hydrogen-bond acceptors (Lipinski definition) is 5. The second-order valence-corrected chi connectivity index (χ2v) is 6.58. The lowest BCUT2D eigenvalue weighted by Crippen LogP contribution is -2.17. The Morgan fingerprint density at radius 3 is 2.65 bits per heavy atom. The minimum absolute atomic E-state index is 0.248. The molecular weight excluding hydrogens is 284 g/mol. The average molecular weight is 296 g/mol. The Morgan fingerprint density at radius 1 is 1.30 bits per heavy atom. The summed E-state index contributed by atoms with van der Waals surface area (Å²) < 4.78 is 28.4. The lowest BCUT2D eigenvalue weighted by atomic mass is 10.1. The predicted molar refractivity (Wildman–Crippen MR) is 72.3 cm³/mol. The van der Waals surface area contributed by atoms with Crippen molar-refractivity contribution in [3.63, 3.8) is 0 Å². The van der Waals surface area contributed by atoms with Crippen molar-refractivity contribution < 1.29 is 22.7 Å². The molecule has 0 amide bonds. The largest absolute Gasteiger partial charge is 0.480 e. The molecule has 0 saturated heterocycles. The van der Waals surface area contributed by atoms with Crippen molar-refractivity contribution in [2.24, 2.45) is 0 Å². The smallest absolute Gasteiger partial charge is 0.336 e. The standard InChI is InChI=1S/C13H12O6S/c1-8-2-3-10-9(5-13(16)19-11(10)4-8)6-20(17,18)7-12(14)15/h2-5H,6-7H2,1H3,(H,14,15). The SMILES string of the molecule is Cc1ccc2c(CS(=O)(=O)CC(=O)O)cc(=O)oc2c1. The van der Waals surface area contributed by atoms with Gasteiger partial charge in [-0.25, -0.2) is 13.2 Å². The van der Waals surface area contributed by atoms with Crippen LogP contribution in [0.15, 0.2) is 33.5 Å². The van der Waals surface area contributed by atoms with Gasteiger partial charge in [0.05, 0.1) is 5.75 Å². The highest BCUT2D eigenvalue weighted by Crippen LogP contribution is 2.20. The molecule has 1 heterocycles. The average Bonchev–Trinajstić information content (AvgIpc) is 2.24. The van der Waals surface area contributed by atoms with Gasteiger partial charge in [-0.05, 0) is 24.1 Å². The topological polar surface area (TPSA) is 102 Å². The molecular formula is C13H12O6S. The molecule has 0 aliphatic carbocycles. The second kappa shape index (κ2) is 5.09. The van der Waals surface area contributed by atoms with Crippen molar-refractivity contribution in [2.75, 3.05) is 5.75 Å². The maximum absolute atomic E-state index is 11.7. The molecule has 0 aliphatic heterocycles. The van der Waals surface area contributed by atoms with E-state index in [1.54, 1.807) is 18.2 Å². The number of fused-ring (bicyclic) bond motifs is 1. The molecule has 0 aliphatic rings.